The number of rotatable bonds is 3. The monoisotopic (exact) mass is 348 g/mol. The summed E-state index contributed by atoms with van der Waals surface area (Å²) < 4.78 is 1.37. The third-order valence-electron chi connectivity index (χ3n) is 3.97. The summed E-state index contributed by atoms with van der Waals surface area (Å²) in [6.45, 7) is 1.71. The smallest absolute Gasteiger partial charge is 0.274 e. The van der Waals surface area contributed by atoms with Crippen LogP contribution in [-0.4, -0.2) is 25.4 Å². The maximum Gasteiger partial charge on any atom is 0.274 e. The summed E-state index contributed by atoms with van der Waals surface area (Å²) in [6.07, 6.45) is 8.24. The number of nitrogens with two attached hydrogens (primary N) is 1. The van der Waals surface area contributed by atoms with Crippen LogP contribution in [0.15, 0.2) is 35.4 Å². The minimum absolute atomic E-state index is 0.0137. The normalized spacial score (nSPS) is 11.7. The molecule has 0 bridgehead atoms. The van der Waals surface area contributed by atoms with Crippen molar-refractivity contribution in [1.29, 1.82) is 0 Å². The summed E-state index contributed by atoms with van der Waals surface area (Å²) in [7, 11) is 1.58. The largest absolute Gasteiger partial charge is 0.382 e. The zero-order valence-corrected chi connectivity index (χ0v) is 14.2. The molecular weight excluding hydrogens is 332 g/mol. The van der Waals surface area contributed by atoms with Gasteiger partial charge in [-0.3, -0.25) is 14.2 Å². The van der Waals surface area contributed by atoms with Gasteiger partial charge in [0.05, 0.1) is 16.9 Å². The molecule has 0 aliphatic heterocycles. The van der Waals surface area contributed by atoms with Crippen molar-refractivity contribution in [2.24, 2.45) is 7.05 Å². The van der Waals surface area contributed by atoms with E-state index in [4.69, 9.17) is 12.2 Å². The van der Waals surface area contributed by atoms with Gasteiger partial charge in [0.2, 0.25) is 0 Å². The Kier molecular flexibility index (Phi) is 4.37. The molecule has 130 valence electrons. The van der Waals surface area contributed by atoms with Crippen molar-refractivity contribution in [1.82, 2.24) is 24.8 Å². The number of nitrogen functional groups attached to an aromatic ring is 1. The van der Waals surface area contributed by atoms with E-state index in [1.807, 2.05) is 0 Å². The number of terminal acetylenes is 1. The zero-order valence-electron chi connectivity index (χ0n) is 14.2. The molecule has 2 heterocycles. The Morgan fingerprint density at radius 1 is 1.35 bits per heavy atom. The first kappa shape index (κ1) is 17.1. The van der Waals surface area contributed by atoms with Crippen molar-refractivity contribution in [3.63, 3.8) is 0 Å². The van der Waals surface area contributed by atoms with Crippen LogP contribution in [0.3, 0.4) is 0 Å². The van der Waals surface area contributed by atoms with E-state index in [1.165, 1.54) is 17.0 Å². The molecule has 8 nitrogen and oxygen atoms in total. The highest BCUT2D eigenvalue weighted by atomic mass is 16.2. The second kappa shape index (κ2) is 6.64. The van der Waals surface area contributed by atoms with E-state index in [0.29, 0.717) is 22.3 Å². The van der Waals surface area contributed by atoms with Crippen molar-refractivity contribution in [2.45, 2.75) is 13.0 Å². The van der Waals surface area contributed by atoms with E-state index in [-0.39, 0.29) is 17.1 Å². The molecule has 1 amide bonds. The van der Waals surface area contributed by atoms with Gasteiger partial charge >= 0.3 is 0 Å². The number of nitrogens with one attached hydrogen (secondary N) is 1. The van der Waals surface area contributed by atoms with Crippen LogP contribution in [0.2, 0.25) is 0 Å². The maximum absolute atomic E-state index is 12.7. The molecule has 2 aromatic heterocycles. The van der Waals surface area contributed by atoms with Gasteiger partial charge in [0.15, 0.2) is 11.5 Å². The topological polar surface area (TPSA) is 116 Å². The molecule has 0 saturated carbocycles. The molecule has 26 heavy (non-hydrogen) atoms. The van der Waals surface area contributed by atoms with Gasteiger partial charge in [0.25, 0.3) is 11.5 Å². The van der Waals surface area contributed by atoms with Crippen molar-refractivity contribution in [3.05, 3.63) is 58.0 Å². The van der Waals surface area contributed by atoms with Crippen molar-refractivity contribution >= 4 is 22.6 Å². The quantitative estimate of drug-likeness (QED) is 0.676. The molecule has 0 spiro atoms. The number of anilines is 1. The summed E-state index contributed by atoms with van der Waals surface area (Å²) >= 11 is 0. The number of carbonyl (C=O) groups is 1. The number of nitrogens with zero attached hydrogens (tertiary/aromatic N) is 4. The SMILES string of the molecule is C#Cc1cccc2nc([C@H](C)NC(=O)c3nccnc3N)n(C)c(=O)c12. The average molecular weight is 348 g/mol. The minimum Gasteiger partial charge on any atom is -0.382 e. The van der Waals surface area contributed by atoms with Crippen LogP contribution >= 0.6 is 0 Å². The average Bonchev–Trinajstić information content (AvgIpc) is 2.64. The van der Waals surface area contributed by atoms with Gasteiger partial charge in [0, 0.05) is 25.0 Å². The van der Waals surface area contributed by atoms with Crippen LogP contribution in [0.1, 0.15) is 34.8 Å². The van der Waals surface area contributed by atoms with Crippen LogP contribution in [0.4, 0.5) is 5.82 Å². The van der Waals surface area contributed by atoms with E-state index in [1.54, 1.807) is 32.2 Å². The maximum atomic E-state index is 12.7. The van der Waals surface area contributed by atoms with E-state index >= 15 is 0 Å². The summed E-state index contributed by atoms with van der Waals surface area (Å²) in [5.41, 5.74) is 6.36. The fourth-order valence-electron chi connectivity index (χ4n) is 2.69. The summed E-state index contributed by atoms with van der Waals surface area (Å²) in [5, 5.41) is 3.10. The predicted molar refractivity (Wildman–Crippen MR) is 97.2 cm³/mol. The standard InChI is InChI=1S/C18H16N6O2/c1-4-11-6-5-7-12-13(11)18(26)24(3)16(23-12)10(2)22-17(25)14-15(19)21-9-8-20-14/h1,5-10H,2-3H3,(H2,19,21)(H,22,25)/t10-/m0/s1. The molecule has 3 N–H and O–H groups in total. The molecule has 0 saturated heterocycles. The second-order valence-corrected chi connectivity index (χ2v) is 5.66. The lowest BCUT2D eigenvalue weighted by molar-refractivity contribution is 0.0933. The number of benzene rings is 1. The number of carbonyl (C=O) groups excluding carboxylic acids is 1. The van der Waals surface area contributed by atoms with Gasteiger partial charge in [-0.1, -0.05) is 12.0 Å². The first-order valence-electron chi connectivity index (χ1n) is 7.77. The molecule has 1 atom stereocenters. The second-order valence-electron chi connectivity index (χ2n) is 5.66. The predicted octanol–water partition coefficient (Wildman–Crippen LogP) is 0.778. The third kappa shape index (κ3) is 2.86. The lowest BCUT2D eigenvalue weighted by Crippen LogP contribution is -2.33. The summed E-state index contributed by atoms with van der Waals surface area (Å²) in [4.78, 5) is 37.4. The number of aromatic nitrogens is 4. The van der Waals surface area contributed by atoms with E-state index < -0.39 is 11.9 Å². The van der Waals surface area contributed by atoms with Crippen LogP contribution < -0.4 is 16.6 Å². The Bertz CT molecular complexity index is 1110. The lowest BCUT2D eigenvalue weighted by atomic mass is 10.1. The fraction of sp³-hybridized carbons (Fsp3) is 0.167. The lowest BCUT2D eigenvalue weighted by Gasteiger charge is -2.17. The van der Waals surface area contributed by atoms with Crippen molar-refractivity contribution in [3.8, 4) is 12.3 Å². The first-order chi connectivity index (χ1) is 12.4. The minimum atomic E-state index is -0.569. The van der Waals surface area contributed by atoms with Crippen molar-refractivity contribution in [2.75, 3.05) is 5.73 Å². The first-order valence-corrected chi connectivity index (χ1v) is 7.77. The molecular formula is C18H16N6O2. The third-order valence-corrected chi connectivity index (χ3v) is 3.97. The van der Waals surface area contributed by atoms with Gasteiger partial charge in [-0.25, -0.2) is 15.0 Å². The van der Waals surface area contributed by atoms with Crippen LogP contribution in [0.25, 0.3) is 10.9 Å². The van der Waals surface area contributed by atoms with Gasteiger partial charge in [0.1, 0.15) is 5.82 Å². The number of fused-ring (bicyclic) bond motifs is 1. The van der Waals surface area contributed by atoms with Gasteiger partial charge in [-0.05, 0) is 19.1 Å². The Hall–Kier alpha value is -3.73. The molecule has 3 rings (SSSR count). The Morgan fingerprint density at radius 2 is 2.08 bits per heavy atom. The molecule has 0 fully saturated rings. The van der Waals surface area contributed by atoms with Crippen molar-refractivity contribution < 1.29 is 4.79 Å². The highest BCUT2D eigenvalue weighted by molar-refractivity contribution is 5.96. The van der Waals surface area contributed by atoms with Gasteiger partial charge in [-0.15, -0.1) is 6.42 Å². The van der Waals surface area contributed by atoms with Crippen LogP contribution in [0.5, 0.6) is 0 Å². The molecule has 0 radical (unpaired) electrons. The summed E-state index contributed by atoms with van der Waals surface area (Å²) in [6, 6.07) is 4.56. The molecule has 3 aromatic rings. The van der Waals surface area contributed by atoms with Gasteiger partial charge < -0.3 is 11.1 Å². The van der Waals surface area contributed by atoms with E-state index in [9.17, 15) is 9.59 Å². The highest BCUT2D eigenvalue weighted by Crippen LogP contribution is 2.16. The molecule has 0 unspecified atom stereocenters. The molecule has 8 heteroatoms. The zero-order chi connectivity index (χ0) is 18.8. The van der Waals surface area contributed by atoms with Crippen LogP contribution in [0, 0.1) is 12.3 Å². The van der Waals surface area contributed by atoms with Gasteiger partial charge in [-0.2, -0.15) is 0 Å². The molecule has 0 aliphatic carbocycles. The Morgan fingerprint density at radius 3 is 2.77 bits per heavy atom. The fourth-order valence-corrected chi connectivity index (χ4v) is 2.69. The number of hydrogen-bond acceptors (Lipinski definition) is 6. The summed E-state index contributed by atoms with van der Waals surface area (Å²) in [5.74, 6) is 2.40. The highest BCUT2D eigenvalue weighted by Gasteiger charge is 2.20. The molecule has 0 aliphatic rings. The Labute approximate surface area is 149 Å². The van der Waals surface area contributed by atoms with Crippen LogP contribution in [-0.2, 0) is 7.05 Å². The van der Waals surface area contributed by atoms with E-state index in [2.05, 4.69) is 26.2 Å². The Balaban J connectivity index is 2.02. The molecule has 1 aromatic carbocycles. The number of amides is 1. The van der Waals surface area contributed by atoms with E-state index in [0.717, 1.165) is 0 Å². The number of hydrogen-bond donors (Lipinski definition) is 2.